The van der Waals surface area contributed by atoms with E-state index in [9.17, 15) is 4.79 Å². The molecule has 0 aliphatic carbocycles. The van der Waals surface area contributed by atoms with Crippen LogP contribution in [0.15, 0.2) is 51.9 Å². The Labute approximate surface area is 145 Å². The second kappa shape index (κ2) is 6.12. The van der Waals surface area contributed by atoms with Crippen LogP contribution in [0.5, 0.6) is 0 Å². The van der Waals surface area contributed by atoms with Crippen molar-refractivity contribution in [3.63, 3.8) is 0 Å². The molecule has 0 unspecified atom stereocenters. The van der Waals surface area contributed by atoms with E-state index in [4.69, 9.17) is 4.52 Å². The molecule has 8 heteroatoms. The van der Waals surface area contributed by atoms with Gasteiger partial charge in [0, 0.05) is 30.0 Å². The summed E-state index contributed by atoms with van der Waals surface area (Å²) in [5.74, 6) is 0.974. The SMILES string of the molecule is O=C(c1ccccc1Br)N1CC(c2nc(-c3cnccn3)no2)C1. The molecule has 1 aromatic carbocycles. The van der Waals surface area contributed by atoms with E-state index in [0.717, 1.165) is 4.47 Å². The number of hydrogen-bond donors (Lipinski definition) is 0. The molecule has 1 fully saturated rings. The highest BCUT2D eigenvalue weighted by atomic mass is 79.9. The summed E-state index contributed by atoms with van der Waals surface area (Å²) in [6.45, 7) is 1.12. The van der Waals surface area contributed by atoms with E-state index < -0.39 is 0 Å². The van der Waals surface area contributed by atoms with Crippen LogP contribution < -0.4 is 0 Å². The fourth-order valence-electron chi connectivity index (χ4n) is 2.53. The molecule has 4 rings (SSSR count). The Morgan fingerprint density at radius 3 is 2.83 bits per heavy atom. The van der Waals surface area contributed by atoms with Gasteiger partial charge in [-0.3, -0.25) is 9.78 Å². The average molecular weight is 386 g/mol. The molecule has 1 amide bonds. The lowest BCUT2D eigenvalue weighted by Gasteiger charge is -2.37. The van der Waals surface area contributed by atoms with Gasteiger partial charge in [0.2, 0.25) is 11.7 Å². The number of likely N-dealkylation sites (tertiary alicyclic amines) is 1. The van der Waals surface area contributed by atoms with Crippen molar-refractivity contribution in [2.45, 2.75) is 5.92 Å². The lowest BCUT2D eigenvalue weighted by Crippen LogP contribution is -2.48. The maximum Gasteiger partial charge on any atom is 0.255 e. The Kier molecular flexibility index (Phi) is 3.81. The predicted molar refractivity (Wildman–Crippen MR) is 88.1 cm³/mol. The van der Waals surface area contributed by atoms with Crippen molar-refractivity contribution in [1.29, 1.82) is 0 Å². The number of halogens is 1. The number of carbonyl (C=O) groups is 1. The van der Waals surface area contributed by atoms with Crippen molar-refractivity contribution in [3.8, 4) is 11.5 Å². The summed E-state index contributed by atoms with van der Waals surface area (Å²) in [6, 6.07) is 7.39. The highest BCUT2D eigenvalue weighted by Crippen LogP contribution is 2.29. The molecule has 3 aromatic rings. The van der Waals surface area contributed by atoms with Gasteiger partial charge in [-0.2, -0.15) is 4.98 Å². The zero-order valence-corrected chi connectivity index (χ0v) is 14.0. The zero-order chi connectivity index (χ0) is 16.5. The quantitative estimate of drug-likeness (QED) is 0.688. The average Bonchev–Trinajstić information content (AvgIpc) is 3.04. The van der Waals surface area contributed by atoms with Crippen molar-refractivity contribution in [1.82, 2.24) is 25.0 Å². The van der Waals surface area contributed by atoms with Gasteiger partial charge in [0.25, 0.3) is 5.91 Å². The lowest BCUT2D eigenvalue weighted by molar-refractivity contribution is 0.0568. The van der Waals surface area contributed by atoms with Gasteiger partial charge < -0.3 is 9.42 Å². The normalized spacial score (nSPS) is 14.5. The topological polar surface area (TPSA) is 85.0 Å². The molecule has 7 nitrogen and oxygen atoms in total. The van der Waals surface area contributed by atoms with E-state index in [0.29, 0.717) is 36.1 Å². The van der Waals surface area contributed by atoms with Crippen LogP contribution in [0.4, 0.5) is 0 Å². The second-order valence-electron chi connectivity index (χ2n) is 5.43. The smallest absolute Gasteiger partial charge is 0.255 e. The zero-order valence-electron chi connectivity index (χ0n) is 12.5. The van der Waals surface area contributed by atoms with Crippen LogP contribution in [-0.2, 0) is 0 Å². The summed E-state index contributed by atoms with van der Waals surface area (Å²) in [5.41, 5.74) is 1.22. The van der Waals surface area contributed by atoms with Crippen LogP contribution in [0, 0.1) is 0 Å². The van der Waals surface area contributed by atoms with E-state index in [-0.39, 0.29) is 11.8 Å². The fraction of sp³-hybridized carbons (Fsp3) is 0.188. The lowest BCUT2D eigenvalue weighted by atomic mass is 9.99. The minimum Gasteiger partial charge on any atom is -0.338 e. The van der Waals surface area contributed by atoms with Gasteiger partial charge in [-0.25, -0.2) is 4.98 Å². The molecule has 1 saturated heterocycles. The summed E-state index contributed by atoms with van der Waals surface area (Å²) in [7, 11) is 0. The van der Waals surface area contributed by atoms with Gasteiger partial charge in [0.05, 0.1) is 17.7 Å². The summed E-state index contributed by atoms with van der Waals surface area (Å²) in [6.07, 6.45) is 4.74. The molecule has 3 heterocycles. The van der Waals surface area contributed by atoms with Gasteiger partial charge in [-0.05, 0) is 28.1 Å². The van der Waals surface area contributed by atoms with Crippen molar-refractivity contribution >= 4 is 21.8 Å². The number of nitrogens with zero attached hydrogens (tertiary/aromatic N) is 5. The standard InChI is InChI=1S/C16H12BrN5O2/c17-12-4-2-1-3-11(12)16(23)22-8-10(9-22)15-20-14(21-24-15)13-7-18-5-6-19-13/h1-7,10H,8-9H2. The molecule has 2 aromatic heterocycles. The summed E-state index contributed by atoms with van der Waals surface area (Å²) in [5, 5.41) is 3.93. The Hall–Kier alpha value is -2.61. The molecule has 0 spiro atoms. The maximum absolute atomic E-state index is 12.5. The molecule has 0 saturated carbocycles. The number of aromatic nitrogens is 4. The molecule has 1 aliphatic rings. The van der Waals surface area contributed by atoms with Gasteiger partial charge >= 0.3 is 0 Å². The van der Waals surface area contributed by atoms with Crippen LogP contribution in [0.2, 0.25) is 0 Å². The predicted octanol–water partition coefficient (Wildman–Crippen LogP) is 2.53. The molecule has 120 valence electrons. The number of hydrogen-bond acceptors (Lipinski definition) is 6. The summed E-state index contributed by atoms with van der Waals surface area (Å²) in [4.78, 5) is 26.7. The third-order valence-corrected chi connectivity index (χ3v) is 4.55. The van der Waals surface area contributed by atoms with E-state index in [1.165, 1.54) is 0 Å². The molecular weight excluding hydrogens is 374 g/mol. The maximum atomic E-state index is 12.5. The Balaban J connectivity index is 1.44. The highest BCUT2D eigenvalue weighted by Gasteiger charge is 2.36. The largest absolute Gasteiger partial charge is 0.338 e. The fourth-order valence-corrected chi connectivity index (χ4v) is 2.98. The van der Waals surface area contributed by atoms with Gasteiger partial charge in [-0.15, -0.1) is 0 Å². The minimum absolute atomic E-state index is 0.00705. The highest BCUT2D eigenvalue weighted by molar-refractivity contribution is 9.10. The first-order valence-electron chi connectivity index (χ1n) is 7.36. The number of rotatable bonds is 3. The first-order valence-corrected chi connectivity index (χ1v) is 8.15. The first-order chi connectivity index (χ1) is 11.7. The summed E-state index contributed by atoms with van der Waals surface area (Å²) < 4.78 is 6.10. The van der Waals surface area contributed by atoms with Gasteiger partial charge in [-0.1, -0.05) is 17.3 Å². The molecule has 0 bridgehead atoms. The second-order valence-corrected chi connectivity index (χ2v) is 6.29. The third-order valence-electron chi connectivity index (χ3n) is 3.86. The molecule has 1 aliphatic heterocycles. The van der Waals surface area contributed by atoms with Crippen molar-refractivity contribution in [2.75, 3.05) is 13.1 Å². The van der Waals surface area contributed by atoms with E-state index in [1.54, 1.807) is 29.6 Å². The van der Waals surface area contributed by atoms with E-state index in [1.807, 2.05) is 18.2 Å². The van der Waals surface area contributed by atoms with Crippen molar-refractivity contribution in [2.24, 2.45) is 0 Å². The minimum atomic E-state index is -0.00705. The first kappa shape index (κ1) is 14.9. The third kappa shape index (κ3) is 2.69. The molecular formula is C16H12BrN5O2. The number of amides is 1. The molecule has 0 atom stereocenters. The van der Waals surface area contributed by atoms with Crippen LogP contribution in [0.1, 0.15) is 22.2 Å². The van der Waals surface area contributed by atoms with Crippen LogP contribution in [0.25, 0.3) is 11.5 Å². The number of carbonyl (C=O) groups excluding carboxylic acids is 1. The molecule has 0 N–H and O–H groups in total. The van der Waals surface area contributed by atoms with Crippen molar-refractivity contribution < 1.29 is 9.32 Å². The van der Waals surface area contributed by atoms with Gasteiger partial charge in [0.15, 0.2) is 0 Å². The van der Waals surface area contributed by atoms with Crippen molar-refractivity contribution in [3.05, 3.63) is 58.8 Å². The molecule has 0 radical (unpaired) electrons. The van der Waals surface area contributed by atoms with Crippen LogP contribution in [0.3, 0.4) is 0 Å². The van der Waals surface area contributed by atoms with Crippen LogP contribution >= 0.6 is 15.9 Å². The Morgan fingerprint density at radius 2 is 2.08 bits per heavy atom. The van der Waals surface area contributed by atoms with Gasteiger partial charge in [0.1, 0.15) is 5.69 Å². The Bertz CT molecular complexity index is 877. The summed E-state index contributed by atoms with van der Waals surface area (Å²) >= 11 is 3.41. The number of benzene rings is 1. The van der Waals surface area contributed by atoms with Crippen LogP contribution in [-0.4, -0.2) is 44.0 Å². The Morgan fingerprint density at radius 1 is 1.25 bits per heavy atom. The molecule has 24 heavy (non-hydrogen) atoms. The van der Waals surface area contributed by atoms with E-state index >= 15 is 0 Å². The van der Waals surface area contributed by atoms with E-state index in [2.05, 4.69) is 36.0 Å². The monoisotopic (exact) mass is 385 g/mol.